The van der Waals surface area contributed by atoms with Crippen molar-refractivity contribution in [1.29, 1.82) is 0 Å². The first-order valence-electron chi connectivity index (χ1n) is 10.3. The number of alkyl carbamates (subject to hydrolysis) is 1. The first-order chi connectivity index (χ1) is 16.1. The van der Waals surface area contributed by atoms with Crippen LogP contribution in [0.5, 0.6) is 17.2 Å². The highest BCUT2D eigenvalue weighted by atomic mass is 16.5. The fourth-order valence-electron chi connectivity index (χ4n) is 3.62. The van der Waals surface area contributed by atoms with Gasteiger partial charge < -0.3 is 29.6 Å². The summed E-state index contributed by atoms with van der Waals surface area (Å²) < 4.78 is 21.6. The molecule has 1 amide bonds. The first kappa shape index (κ1) is 22.0. The molecule has 0 atom stereocenters. The SMILES string of the molecule is CNC(=O)OCc1cccc(Nc2c3ccc(OC)cc3nc3cc(OC)c(OC)cc23)c1. The molecule has 8 heteroatoms. The highest BCUT2D eigenvalue weighted by molar-refractivity contribution is 6.09. The van der Waals surface area contributed by atoms with Gasteiger partial charge in [0.25, 0.3) is 0 Å². The monoisotopic (exact) mass is 447 g/mol. The number of amides is 1. The number of fused-ring (bicyclic) bond motifs is 2. The fourth-order valence-corrected chi connectivity index (χ4v) is 3.62. The molecule has 33 heavy (non-hydrogen) atoms. The lowest BCUT2D eigenvalue weighted by Gasteiger charge is -2.16. The van der Waals surface area contributed by atoms with E-state index in [9.17, 15) is 4.79 Å². The third-order valence-corrected chi connectivity index (χ3v) is 5.26. The van der Waals surface area contributed by atoms with E-state index in [1.807, 2.05) is 54.6 Å². The summed E-state index contributed by atoms with van der Waals surface area (Å²) in [5.41, 5.74) is 4.08. The van der Waals surface area contributed by atoms with E-state index in [1.54, 1.807) is 21.3 Å². The number of rotatable bonds is 7. The van der Waals surface area contributed by atoms with Crippen molar-refractivity contribution in [2.45, 2.75) is 6.61 Å². The molecule has 170 valence electrons. The van der Waals surface area contributed by atoms with Crippen LogP contribution in [-0.4, -0.2) is 39.5 Å². The van der Waals surface area contributed by atoms with Crippen molar-refractivity contribution in [3.8, 4) is 17.2 Å². The topological polar surface area (TPSA) is 90.9 Å². The number of benzene rings is 3. The Hall–Kier alpha value is -4.20. The summed E-state index contributed by atoms with van der Waals surface area (Å²) >= 11 is 0. The average molecular weight is 447 g/mol. The van der Waals surface area contributed by atoms with Gasteiger partial charge in [0.05, 0.1) is 38.1 Å². The van der Waals surface area contributed by atoms with Gasteiger partial charge in [0.2, 0.25) is 0 Å². The maximum atomic E-state index is 11.4. The van der Waals surface area contributed by atoms with E-state index in [4.69, 9.17) is 23.9 Å². The minimum absolute atomic E-state index is 0.162. The second kappa shape index (κ2) is 9.52. The normalized spacial score (nSPS) is 10.7. The predicted octanol–water partition coefficient (Wildman–Crippen LogP) is 5.01. The molecule has 0 saturated heterocycles. The van der Waals surface area contributed by atoms with Crippen molar-refractivity contribution in [2.24, 2.45) is 0 Å². The highest BCUT2D eigenvalue weighted by Crippen LogP contribution is 2.40. The summed E-state index contributed by atoms with van der Waals surface area (Å²) in [4.78, 5) is 16.3. The van der Waals surface area contributed by atoms with Crippen molar-refractivity contribution >= 4 is 39.3 Å². The third kappa shape index (κ3) is 4.55. The summed E-state index contributed by atoms with van der Waals surface area (Å²) in [5, 5.41) is 7.76. The number of nitrogens with one attached hydrogen (secondary N) is 2. The molecule has 0 saturated carbocycles. The largest absolute Gasteiger partial charge is 0.497 e. The second-order valence-corrected chi connectivity index (χ2v) is 7.25. The molecule has 3 aromatic carbocycles. The fraction of sp³-hybridized carbons (Fsp3) is 0.200. The van der Waals surface area contributed by atoms with Gasteiger partial charge in [0.1, 0.15) is 12.4 Å². The zero-order chi connectivity index (χ0) is 23.4. The Labute approximate surface area is 191 Å². The maximum absolute atomic E-state index is 11.4. The Morgan fingerprint density at radius 3 is 2.36 bits per heavy atom. The van der Waals surface area contributed by atoms with E-state index in [-0.39, 0.29) is 6.61 Å². The number of hydrogen-bond donors (Lipinski definition) is 2. The van der Waals surface area contributed by atoms with Gasteiger partial charge in [-0.05, 0) is 35.9 Å². The molecule has 1 aromatic heterocycles. The summed E-state index contributed by atoms with van der Waals surface area (Å²) in [6, 6.07) is 17.2. The predicted molar refractivity (Wildman–Crippen MR) is 128 cm³/mol. The lowest BCUT2D eigenvalue weighted by atomic mass is 10.1. The van der Waals surface area contributed by atoms with Crippen LogP contribution in [0.2, 0.25) is 0 Å². The van der Waals surface area contributed by atoms with Crippen LogP contribution < -0.4 is 24.8 Å². The number of carbonyl (C=O) groups is 1. The van der Waals surface area contributed by atoms with E-state index in [0.29, 0.717) is 17.2 Å². The first-order valence-corrected chi connectivity index (χ1v) is 10.3. The molecule has 0 aliphatic carbocycles. The molecular weight excluding hydrogens is 422 g/mol. The molecule has 0 aliphatic rings. The Balaban J connectivity index is 1.84. The molecule has 0 radical (unpaired) electrons. The second-order valence-electron chi connectivity index (χ2n) is 7.25. The van der Waals surface area contributed by atoms with Gasteiger partial charge in [-0.2, -0.15) is 0 Å². The van der Waals surface area contributed by atoms with Crippen molar-refractivity contribution in [3.05, 3.63) is 60.2 Å². The van der Waals surface area contributed by atoms with Crippen LogP contribution in [0.25, 0.3) is 21.8 Å². The molecule has 1 heterocycles. The Morgan fingerprint density at radius 1 is 0.879 bits per heavy atom. The molecule has 2 N–H and O–H groups in total. The van der Waals surface area contributed by atoms with Crippen molar-refractivity contribution < 1.29 is 23.7 Å². The molecule has 4 rings (SSSR count). The summed E-state index contributed by atoms with van der Waals surface area (Å²) in [6.07, 6.45) is -0.477. The van der Waals surface area contributed by atoms with Crippen LogP contribution in [0.15, 0.2) is 54.6 Å². The quantitative estimate of drug-likeness (QED) is 0.385. The number of aromatic nitrogens is 1. The van der Waals surface area contributed by atoms with Gasteiger partial charge >= 0.3 is 6.09 Å². The van der Waals surface area contributed by atoms with Crippen LogP contribution in [-0.2, 0) is 11.3 Å². The van der Waals surface area contributed by atoms with Gasteiger partial charge in [0.15, 0.2) is 11.5 Å². The minimum Gasteiger partial charge on any atom is -0.497 e. The van der Waals surface area contributed by atoms with Gasteiger partial charge in [0, 0.05) is 35.6 Å². The Kier molecular flexibility index (Phi) is 6.35. The van der Waals surface area contributed by atoms with Crippen LogP contribution >= 0.6 is 0 Å². The van der Waals surface area contributed by atoms with Crippen molar-refractivity contribution in [2.75, 3.05) is 33.7 Å². The van der Waals surface area contributed by atoms with Crippen LogP contribution in [0.3, 0.4) is 0 Å². The van der Waals surface area contributed by atoms with Gasteiger partial charge in [-0.25, -0.2) is 9.78 Å². The number of carbonyl (C=O) groups excluding carboxylic acids is 1. The number of hydrogen-bond acceptors (Lipinski definition) is 7. The van der Waals surface area contributed by atoms with Gasteiger partial charge in [-0.1, -0.05) is 12.1 Å². The number of nitrogens with zero attached hydrogens (tertiary/aromatic N) is 1. The van der Waals surface area contributed by atoms with E-state index in [2.05, 4.69) is 10.6 Å². The lowest BCUT2D eigenvalue weighted by Crippen LogP contribution is -2.18. The molecule has 0 aliphatic heterocycles. The van der Waals surface area contributed by atoms with E-state index < -0.39 is 6.09 Å². The van der Waals surface area contributed by atoms with Crippen molar-refractivity contribution in [1.82, 2.24) is 10.3 Å². The van der Waals surface area contributed by atoms with E-state index >= 15 is 0 Å². The molecule has 4 aromatic rings. The average Bonchev–Trinajstić information content (AvgIpc) is 2.86. The van der Waals surface area contributed by atoms with Crippen LogP contribution in [0, 0.1) is 0 Å². The van der Waals surface area contributed by atoms with Gasteiger partial charge in [-0.15, -0.1) is 0 Å². The molecule has 8 nitrogen and oxygen atoms in total. The van der Waals surface area contributed by atoms with Crippen molar-refractivity contribution in [3.63, 3.8) is 0 Å². The Morgan fingerprint density at radius 2 is 1.64 bits per heavy atom. The summed E-state index contributed by atoms with van der Waals surface area (Å²) in [7, 11) is 6.35. The number of methoxy groups -OCH3 is 3. The summed E-state index contributed by atoms with van der Waals surface area (Å²) in [5.74, 6) is 1.92. The zero-order valence-electron chi connectivity index (χ0n) is 18.9. The Bertz CT molecular complexity index is 1320. The molecule has 0 unspecified atom stereocenters. The molecule has 0 fully saturated rings. The van der Waals surface area contributed by atoms with Crippen LogP contribution in [0.1, 0.15) is 5.56 Å². The summed E-state index contributed by atoms with van der Waals surface area (Å²) in [6.45, 7) is 0.162. The number of anilines is 2. The lowest BCUT2D eigenvalue weighted by molar-refractivity contribution is 0.142. The van der Waals surface area contributed by atoms with E-state index in [0.717, 1.165) is 38.7 Å². The number of ether oxygens (including phenoxy) is 4. The minimum atomic E-state index is -0.477. The molecule has 0 bridgehead atoms. The smallest absolute Gasteiger partial charge is 0.407 e. The standard InChI is InChI=1S/C25H25N3O5/c1-26-25(29)33-14-15-6-5-7-16(10-15)27-24-18-9-8-17(30-2)11-20(18)28-21-13-23(32-4)22(31-3)12-19(21)24/h5-13H,14H2,1-4H3,(H,26,29)(H,27,28). The van der Waals surface area contributed by atoms with Gasteiger partial charge in [-0.3, -0.25) is 0 Å². The third-order valence-electron chi connectivity index (χ3n) is 5.26. The van der Waals surface area contributed by atoms with E-state index in [1.165, 1.54) is 7.05 Å². The molecule has 0 spiro atoms. The molecular formula is C25H25N3O5. The maximum Gasteiger partial charge on any atom is 0.407 e. The van der Waals surface area contributed by atoms with Crippen LogP contribution in [0.4, 0.5) is 16.2 Å². The highest BCUT2D eigenvalue weighted by Gasteiger charge is 2.15. The number of pyridine rings is 1. The zero-order valence-corrected chi connectivity index (χ0v) is 18.9.